The van der Waals surface area contributed by atoms with E-state index in [2.05, 4.69) is 9.97 Å². The standard InChI is InChI=1S/C13H12N2O3.2C2H6/c1-8-3-11(7-14-6-8)18-10-4-9(2)15-12(5-10)13(16)17;2*1-2/h3-7H,1-2H3,(H,16,17);2*1-2H3. The fourth-order valence-electron chi connectivity index (χ4n) is 1.52. The third kappa shape index (κ3) is 6.35. The highest BCUT2D eigenvalue weighted by atomic mass is 16.5. The van der Waals surface area contributed by atoms with E-state index in [0.29, 0.717) is 17.2 Å². The van der Waals surface area contributed by atoms with Gasteiger partial charge in [0.2, 0.25) is 0 Å². The monoisotopic (exact) mass is 304 g/mol. The first-order valence-electron chi connectivity index (χ1n) is 7.36. The normalized spacial score (nSPS) is 8.82. The van der Waals surface area contributed by atoms with Crippen LogP contribution in [-0.4, -0.2) is 21.0 Å². The molecule has 2 aromatic rings. The summed E-state index contributed by atoms with van der Waals surface area (Å²) >= 11 is 0. The van der Waals surface area contributed by atoms with Crippen molar-refractivity contribution in [3.63, 3.8) is 0 Å². The van der Waals surface area contributed by atoms with Crippen LogP contribution in [0.5, 0.6) is 11.5 Å². The average Bonchev–Trinajstić information content (AvgIpc) is 2.50. The van der Waals surface area contributed by atoms with Gasteiger partial charge in [-0.2, -0.15) is 0 Å². The zero-order chi connectivity index (χ0) is 17.1. The fourth-order valence-corrected chi connectivity index (χ4v) is 1.52. The van der Waals surface area contributed by atoms with Crippen molar-refractivity contribution >= 4 is 5.97 Å². The van der Waals surface area contributed by atoms with Crippen LogP contribution in [0, 0.1) is 13.8 Å². The molecule has 0 spiro atoms. The van der Waals surface area contributed by atoms with Crippen LogP contribution in [0.2, 0.25) is 0 Å². The summed E-state index contributed by atoms with van der Waals surface area (Å²) in [6.45, 7) is 11.6. The first kappa shape index (κ1) is 19.6. The zero-order valence-electron chi connectivity index (χ0n) is 14.0. The lowest BCUT2D eigenvalue weighted by Gasteiger charge is -2.07. The molecule has 0 amide bonds. The molecule has 0 aliphatic carbocycles. The van der Waals surface area contributed by atoms with Gasteiger partial charge in [0.05, 0.1) is 6.20 Å². The summed E-state index contributed by atoms with van der Waals surface area (Å²) < 4.78 is 5.56. The molecule has 22 heavy (non-hydrogen) atoms. The van der Waals surface area contributed by atoms with Crippen LogP contribution in [0.25, 0.3) is 0 Å². The molecule has 0 unspecified atom stereocenters. The number of rotatable bonds is 3. The van der Waals surface area contributed by atoms with Crippen molar-refractivity contribution in [3.8, 4) is 11.5 Å². The molecular formula is C17H24N2O3. The first-order valence-corrected chi connectivity index (χ1v) is 7.36. The molecule has 120 valence electrons. The second-order valence-corrected chi connectivity index (χ2v) is 3.93. The lowest BCUT2D eigenvalue weighted by atomic mass is 10.3. The average molecular weight is 304 g/mol. The van der Waals surface area contributed by atoms with Gasteiger partial charge in [0, 0.05) is 24.0 Å². The van der Waals surface area contributed by atoms with Crippen molar-refractivity contribution in [2.24, 2.45) is 0 Å². The Hall–Kier alpha value is -2.43. The number of hydrogen-bond acceptors (Lipinski definition) is 4. The Morgan fingerprint density at radius 3 is 2.18 bits per heavy atom. The lowest BCUT2D eigenvalue weighted by molar-refractivity contribution is 0.0690. The zero-order valence-corrected chi connectivity index (χ0v) is 14.0. The summed E-state index contributed by atoms with van der Waals surface area (Å²) in [7, 11) is 0. The van der Waals surface area contributed by atoms with Crippen molar-refractivity contribution < 1.29 is 14.6 Å². The molecule has 5 nitrogen and oxygen atoms in total. The Morgan fingerprint density at radius 1 is 1.00 bits per heavy atom. The number of aromatic carboxylic acids is 1. The van der Waals surface area contributed by atoms with Gasteiger partial charge in [0.1, 0.15) is 11.5 Å². The maximum atomic E-state index is 10.9. The van der Waals surface area contributed by atoms with Crippen molar-refractivity contribution in [2.45, 2.75) is 41.5 Å². The Balaban J connectivity index is 0.00000102. The minimum atomic E-state index is -1.08. The SMILES string of the molecule is CC.CC.Cc1cncc(Oc2cc(C)nc(C(=O)O)c2)c1. The predicted molar refractivity (Wildman–Crippen MR) is 87.7 cm³/mol. The van der Waals surface area contributed by atoms with Crippen LogP contribution in [0.3, 0.4) is 0 Å². The molecule has 0 aromatic carbocycles. The molecule has 0 radical (unpaired) electrons. The third-order valence-corrected chi connectivity index (χ3v) is 2.23. The highest BCUT2D eigenvalue weighted by Crippen LogP contribution is 2.22. The van der Waals surface area contributed by atoms with Gasteiger partial charge in [-0.3, -0.25) is 4.98 Å². The van der Waals surface area contributed by atoms with E-state index in [9.17, 15) is 4.79 Å². The Morgan fingerprint density at radius 2 is 1.64 bits per heavy atom. The predicted octanol–water partition coefficient (Wildman–Crippen LogP) is 4.64. The van der Waals surface area contributed by atoms with Crippen molar-refractivity contribution in [1.29, 1.82) is 0 Å². The van der Waals surface area contributed by atoms with Crippen molar-refractivity contribution in [2.75, 3.05) is 0 Å². The Bertz CT molecular complexity index is 598. The van der Waals surface area contributed by atoms with E-state index in [1.807, 2.05) is 40.7 Å². The van der Waals surface area contributed by atoms with E-state index in [4.69, 9.17) is 9.84 Å². The minimum Gasteiger partial charge on any atom is -0.477 e. The topological polar surface area (TPSA) is 72.3 Å². The molecule has 0 aliphatic heterocycles. The van der Waals surface area contributed by atoms with Crippen molar-refractivity contribution in [1.82, 2.24) is 9.97 Å². The van der Waals surface area contributed by atoms with Crippen LogP contribution < -0.4 is 4.74 Å². The number of aromatic nitrogens is 2. The van der Waals surface area contributed by atoms with E-state index in [1.165, 1.54) is 6.07 Å². The number of carboxylic acid groups (broad SMARTS) is 1. The second kappa shape index (κ2) is 10.3. The second-order valence-electron chi connectivity index (χ2n) is 3.93. The van der Waals surface area contributed by atoms with Crippen LogP contribution in [-0.2, 0) is 0 Å². The smallest absolute Gasteiger partial charge is 0.354 e. The Kier molecular flexibility index (Phi) is 9.18. The molecule has 5 heteroatoms. The van der Waals surface area contributed by atoms with E-state index in [1.54, 1.807) is 25.4 Å². The molecule has 1 N–H and O–H groups in total. The van der Waals surface area contributed by atoms with E-state index < -0.39 is 5.97 Å². The van der Waals surface area contributed by atoms with Crippen LogP contribution in [0.1, 0.15) is 49.4 Å². The molecule has 2 aromatic heterocycles. The van der Waals surface area contributed by atoms with Crippen LogP contribution in [0.15, 0.2) is 30.6 Å². The van der Waals surface area contributed by atoms with Gasteiger partial charge in [-0.15, -0.1) is 0 Å². The number of ether oxygens (including phenoxy) is 1. The highest BCUT2D eigenvalue weighted by molar-refractivity contribution is 5.85. The number of carbonyl (C=O) groups is 1. The molecule has 2 rings (SSSR count). The first-order chi connectivity index (χ1) is 10.5. The van der Waals surface area contributed by atoms with E-state index >= 15 is 0 Å². The van der Waals surface area contributed by atoms with Gasteiger partial charge in [-0.25, -0.2) is 9.78 Å². The molecule has 0 bridgehead atoms. The molecule has 0 saturated carbocycles. The van der Waals surface area contributed by atoms with Gasteiger partial charge in [-0.1, -0.05) is 27.7 Å². The molecule has 2 heterocycles. The van der Waals surface area contributed by atoms with Gasteiger partial charge >= 0.3 is 5.97 Å². The van der Waals surface area contributed by atoms with E-state index in [-0.39, 0.29) is 5.69 Å². The largest absolute Gasteiger partial charge is 0.477 e. The van der Waals surface area contributed by atoms with Crippen LogP contribution >= 0.6 is 0 Å². The minimum absolute atomic E-state index is 0.0365. The molecule has 0 saturated heterocycles. The summed E-state index contributed by atoms with van der Waals surface area (Å²) in [4.78, 5) is 18.8. The fraction of sp³-hybridized carbons (Fsp3) is 0.353. The maximum absolute atomic E-state index is 10.9. The van der Waals surface area contributed by atoms with E-state index in [0.717, 1.165) is 5.56 Å². The number of nitrogens with zero attached hydrogens (tertiary/aromatic N) is 2. The van der Waals surface area contributed by atoms with Gasteiger partial charge < -0.3 is 9.84 Å². The van der Waals surface area contributed by atoms with Gasteiger partial charge in [-0.05, 0) is 25.5 Å². The summed E-state index contributed by atoms with van der Waals surface area (Å²) in [6.07, 6.45) is 3.29. The number of aryl methyl sites for hydroxylation is 2. The summed E-state index contributed by atoms with van der Waals surface area (Å²) in [5.41, 5.74) is 1.52. The lowest BCUT2D eigenvalue weighted by Crippen LogP contribution is -2.02. The number of pyridine rings is 2. The van der Waals surface area contributed by atoms with Gasteiger partial charge in [0.25, 0.3) is 0 Å². The summed E-state index contributed by atoms with van der Waals surface area (Å²) in [5.74, 6) is -0.0739. The molecule has 0 fully saturated rings. The number of carboxylic acids is 1. The summed E-state index contributed by atoms with van der Waals surface area (Å²) in [5, 5.41) is 8.91. The summed E-state index contributed by atoms with van der Waals surface area (Å²) in [6, 6.07) is 4.88. The number of hydrogen-bond donors (Lipinski definition) is 1. The quantitative estimate of drug-likeness (QED) is 0.894. The molecule has 0 aliphatic rings. The maximum Gasteiger partial charge on any atom is 0.354 e. The van der Waals surface area contributed by atoms with Gasteiger partial charge in [0.15, 0.2) is 5.69 Å². The van der Waals surface area contributed by atoms with Crippen molar-refractivity contribution in [3.05, 3.63) is 47.5 Å². The molecular weight excluding hydrogens is 280 g/mol. The highest BCUT2D eigenvalue weighted by Gasteiger charge is 2.08. The Labute approximate surface area is 132 Å². The van der Waals surface area contributed by atoms with Crippen LogP contribution in [0.4, 0.5) is 0 Å². The third-order valence-electron chi connectivity index (χ3n) is 2.23. The molecule has 0 atom stereocenters.